The number of amides is 1. The molecule has 1 saturated carbocycles. The first-order valence-corrected chi connectivity index (χ1v) is 12.9. The molecule has 0 aliphatic heterocycles. The van der Waals surface area contributed by atoms with Gasteiger partial charge in [0.1, 0.15) is 17.2 Å². The van der Waals surface area contributed by atoms with E-state index in [4.69, 9.17) is 4.74 Å². The Labute approximate surface area is 222 Å². The van der Waals surface area contributed by atoms with Gasteiger partial charge in [-0.25, -0.2) is 23.7 Å². The summed E-state index contributed by atoms with van der Waals surface area (Å²) in [5.41, 5.74) is 0.485. The Bertz CT molecular complexity index is 1610. The van der Waals surface area contributed by atoms with E-state index in [1.54, 1.807) is 27.0 Å². The molecule has 1 aliphatic rings. The van der Waals surface area contributed by atoms with E-state index in [1.807, 2.05) is 6.92 Å². The lowest BCUT2D eigenvalue weighted by atomic mass is 9.90. The zero-order valence-corrected chi connectivity index (χ0v) is 22.2. The zero-order chi connectivity index (χ0) is 27.9. The number of alkyl carbamates (subject to hydrolysis) is 1. The highest BCUT2D eigenvalue weighted by Gasteiger charge is 2.30. The maximum Gasteiger partial charge on any atom is 0.407 e. The van der Waals surface area contributed by atoms with Crippen LogP contribution in [0.3, 0.4) is 0 Å². The van der Waals surface area contributed by atoms with Gasteiger partial charge in [0, 0.05) is 17.6 Å². The summed E-state index contributed by atoms with van der Waals surface area (Å²) in [6, 6.07) is 2.01. The zero-order valence-electron chi connectivity index (χ0n) is 22.2. The third-order valence-electron chi connectivity index (χ3n) is 6.77. The number of hydrogen-bond donors (Lipinski definition) is 5. The van der Waals surface area contributed by atoms with E-state index in [2.05, 4.69) is 36.1 Å². The number of rotatable bonds is 5. The number of carbonyl (C=O) groups excluding carboxylic acids is 1. The number of benzene rings is 1. The van der Waals surface area contributed by atoms with Gasteiger partial charge < -0.3 is 25.7 Å². The number of nitrogens with zero attached hydrogens (tertiary/aromatic N) is 2. The third-order valence-corrected chi connectivity index (χ3v) is 6.77. The van der Waals surface area contributed by atoms with Crippen LogP contribution in [0.15, 0.2) is 29.3 Å². The summed E-state index contributed by atoms with van der Waals surface area (Å²) in [5, 5.41) is 15.7. The maximum absolute atomic E-state index is 15.7. The van der Waals surface area contributed by atoms with Crippen molar-refractivity contribution >= 4 is 45.1 Å². The molecule has 3 aromatic heterocycles. The van der Waals surface area contributed by atoms with Gasteiger partial charge in [-0.1, -0.05) is 12.8 Å². The number of H-pyrrole nitrogens is 2. The number of halogens is 2. The second-order valence-corrected chi connectivity index (χ2v) is 10.9. The van der Waals surface area contributed by atoms with E-state index in [0.717, 1.165) is 18.4 Å². The van der Waals surface area contributed by atoms with Gasteiger partial charge in [-0.3, -0.25) is 4.79 Å². The number of anilines is 3. The molecule has 1 fully saturated rings. The number of aromatic nitrogens is 4. The second kappa shape index (κ2) is 10.2. The van der Waals surface area contributed by atoms with Crippen LogP contribution in [0.4, 0.5) is 30.9 Å². The Kier molecular flexibility index (Phi) is 6.87. The lowest BCUT2D eigenvalue weighted by Crippen LogP contribution is -2.50. The first kappa shape index (κ1) is 26.4. The van der Waals surface area contributed by atoms with Gasteiger partial charge in [0.2, 0.25) is 0 Å². The highest BCUT2D eigenvalue weighted by molar-refractivity contribution is 5.99. The minimum Gasteiger partial charge on any atom is -0.444 e. The van der Waals surface area contributed by atoms with Crippen LogP contribution in [0, 0.1) is 18.6 Å². The summed E-state index contributed by atoms with van der Waals surface area (Å²) in [6.07, 6.45) is 5.50. The summed E-state index contributed by atoms with van der Waals surface area (Å²) in [7, 11) is 0. The molecular formula is C27H31F2N7O3. The number of nitrogens with one attached hydrogen (secondary N) is 5. The second-order valence-electron chi connectivity index (χ2n) is 10.9. The van der Waals surface area contributed by atoms with Crippen molar-refractivity contribution in [3.8, 4) is 0 Å². The number of hydrogen-bond acceptors (Lipinski definition) is 7. The van der Waals surface area contributed by atoms with Gasteiger partial charge in [-0.15, -0.1) is 0 Å². The van der Waals surface area contributed by atoms with Gasteiger partial charge in [0.05, 0.1) is 34.2 Å². The highest BCUT2D eigenvalue weighted by atomic mass is 19.1. The van der Waals surface area contributed by atoms with E-state index >= 15 is 4.39 Å². The average molecular weight is 540 g/mol. The minimum atomic E-state index is -0.754. The molecule has 4 aromatic rings. The molecule has 1 amide bonds. The standard InChI is InChI=1S/C27H31F2N7O3/c1-13-11-30-22-15(13)9-14(28)10-19(22)33-23-20-16(12-31-36-25(20)37)21(29)24(35-23)32-17-7-5-6-8-18(17)34-26(38)39-27(2,3)4/h9-12,17-18,30H,5-8H2,1-4H3,(H,34,38)(H,36,37)(H2,32,33,35)/t17-,18+/m1/s1. The van der Waals surface area contributed by atoms with Crippen molar-refractivity contribution in [2.75, 3.05) is 10.6 Å². The predicted molar refractivity (Wildman–Crippen MR) is 145 cm³/mol. The molecule has 12 heteroatoms. The smallest absolute Gasteiger partial charge is 0.407 e. The van der Waals surface area contributed by atoms with Crippen LogP contribution in [0.1, 0.15) is 52.0 Å². The number of fused-ring (bicyclic) bond motifs is 2. The molecule has 3 heterocycles. The summed E-state index contributed by atoms with van der Waals surface area (Å²) >= 11 is 0. The van der Waals surface area contributed by atoms with Gasteiger partial charge in [0.15, 0.2) is 11.6 Å². The molecule has 1 aliphatic carbocycles. The van der Waals surface area contributed by atoms with Crippen molar-refractivity contribution < 1.29 is 18.3 Å². The van der Waals surface area contributed by atoms with Crippen LogP contribution < -0.4 is 21.5 Å². The van der Waals surface area contributed by atoms with Crippen LogP contribution in [0.2, 0.25) is 0 Å². The Morgan fingerprint density at radius 1 is 1.10 bits per heavy atom. The number of pyridine rings is 1. The summed E-state index contributed by atoms with van der Waals surface area (Å²) < 4.78 is 35.6. The third kappa shape index (κ3) is 5.50. The molecule has 0 saturated heterocycles. The van der Waals surface area contributed by atoms with Gasteiger partial charge >= 0.3 is 6.09 Å². The van der Waals surface area contributed by atoms with E-state index in [-0.39, 0.29) is 34.5 Å². The molecule has 0 bridgehead atoms. The molecule has 0 radical (unpaired) electrons. The summed E-state index contributed by atoms with van der Waals surface area (Å²) in [6.45, 7) is 7.19. The molecule has 5 N–H and O–H groups in total. The molecule has 206 valence electrons. The largest absolute Gasteiger partial charge is 0.444 e. The fraction of sp³-hybridized carbons (Fsp3) is 0.407. The van der Waals surface area contributed by atoms with Crippen molar-refractivity contribution in [3.63, 3.8) is 0 Å². The van der Waals surface area contributed by atoms with Crippen molar-refractivity contribution in [3.05, 3.63) is 52.1 Å². The molecule has 0 spiro atoms. The van der Waals surface area contributed by atoms with Crippen LogP contribution in [0.25, 0.3) is 21.7 Å². The monoisotopic (exact) mass is 539 g/mol. The average Bonchev–Trinajstić information content (AvgIpc) is 3.22. The molecule has 2 atom stereocenters. The Hall–Kier alpha value is -4.22. The van der Waals surface area contributed by atoms with Crippen molar-refractivity contribution in [2.45, 2.75) is 71.1 Å². The van der Waals surface area contributed by atoms with E-state index in [9.17, 15) is 14.0 Å². The van der Waals surface area contributed by atoms with Gasteiger partial charge in [0.25, 0.3) is 5.56 Å². The lowest BCUT2D eigenvalue weighted by Gasteiger charge is -2.34. The fourth-order valence-corrected chi connectivity index (χ4v) is 5.00. The highest BCUT2D eigenvalue weighted by Crippen LogP contribution is 2.33. The van der Waals surface area contributed by atoms with Crippen molar-refractivity contribution in [1.82, 2.24) is 25.5 Å². The normalized spacial score (nSPS) is 17.8. The first-order chi connectivity index (χ1) is 18.5. The lowest BCUT2D eigenvalue weighted by molar-refractivity contribution is 0.0488. The minimum absolute atomic E-state index is 0.0316. The Morgan fingerprint density at radius 3 is 2.59 bits per heavy atom. The Morgan fingerprint density at radius 2 is 1.85 bits per heavy atom. The molecule has 10 nitrogen and oxygen atoms in total. The van der Waals surface area contributed by atoms with Crippen molar-refractivity contribution in [2.24, 2.45) is 0 Å². The molecule has 1 aromatic carbocycles. The van der Waals surface area contributed by atoms with Crippen molar-refractivity contribution in [1.29, 1.82) is 0 Å². The van der Waals surface area contributed by atoms with E-state index < -0.39 is 28.9 Å². The predicted octanol–water partition coefficient (Wildman–Crippen LogP) is 5.38. The fourth-order valence-electron chi connectivity index (χ4n) is 5.00. The summed E-state index contributed by atoms with van der Waals surface area (Å²) in [4.78, 5) is 32.7. The topological polar surface area (TPSA) is 137 Å². The molecule has 0 unspecified atom stereocenters. The van der Waals surface area contributed by atoms with Gasteiger partial charge in [-0.2, -0.15) is 5.10 Å². The molecule has 5 rings (SSSR count). The van der Waals surface area contributed by atoms with Gasteiger partial charge in [-0.05, 0) is 58.2 Å². The van der Waals surface area contributed by atoms with Crippen LogP contribution >= 0.6 is 0 Å². The molecule has 39 heavy (non-hydrogen) atoms. The molecular weight excluding hydrogens is 508 g/mol. The maximum atomic E-state index is 15.7. The summed E-state index contributed by atoms with van der Waals surface area (Å²) in [5.74, 6) is -1.32. The number of aryl methyl sites for hydroxylation is 1. The Balaban J connectivity index is 1.53. The first-order valence-electron chi connectivity index (χ1n) is 12.9. The SMILES string of the molecule is Cc1c[nH]c2c(Nc3nc(N[C@@H]4CCCC[C@@H]4NC(=O)OC(C)(C)C)c(F)c4cn[nH]c(=O)c34)cc(F)cc12. The number of aromatic amines is 2. The van der Waals surface area contributed by atoms with Crippen LogP contribution in [-0.4, -0.2) is 43.9 Å². The van der Waals surface area contributed by atoms with Crippen LogP contribution in [-0.2, 0) is 4.74 Å². The number of carbonyl (C=O) groups is 1. The van der Waals surface area contributed by atoms with Crippen LogP contribution in [0.5, 0.6) is 0 Å². The van der Waals surface area contributed by atoms with E-state index in [0.29, 0.717) is 29.4 Å². The van der Waals surface area contributed by atoms with E-state index in [1.165, 1.54) is 18.3 Å². The quantitative estimate of drug-likeness (QED) is 0.230. The number of ether oxygens (including phenoxy) is 1.